The third-order valence-corrected chi connectivity index (χ3v) is 4.16. The van der Waals surface area contributed by atoms with E-state index in [1.807, 2.05) is 6.92 Å². The maximum atomic E-state index is 12.1. The number of rotatable bonds is 6. The summed E-state index contributed by atoms with van der Waals surface area (Å²) in [6.07, 6.45) is 0. The standard InChI is InChI=1S/C16H19Cl2N5O2/c1-9-16(10(2)22-21-9)20-15(25)8-23(3)7-14(24)19-11-4-5-12(17)13(18)6-11/h4-6H,7-8H2,1-3H3,(H,19,24)(H,20,25)(H,21,22). The summed E-state index contributed by atoms with van der Waals surface area (Å²) in [6, 6.07) is 4.83. The number of nitrogens with one attached hydrogen (secondary N) is 3. The zero-order valence-electron chi connectivity index (χ0n) is 14.1. The van der Waals surface area contributed by atoms with Gasteiger partial charge in [-0.2, -0.15) is 5.10 Å². The lowest BCUT2D eigenvalue weighted by atomic mass is 10.3. The van der Waals surface area contributed by atoms with Crippen molar-refractivity contribution in [2.75, 3.05) is 30.8 Å². The number of H-pyrrole nitrogens is 1. The largest absolute Gasteiger partial charge is 0.325 e. The Bertz CT molecular complexity index is 771. The van der Waals surface area contributed by atoms with Gasteiger partial charge in [0.25, 0.3) is 0 Å². The maximum Gasteiger partial charge on any atom is 0.238 e. The molecule has 0 saturated carbocycles. The number of carbonyl (C=O) groups is 2. The van der Waals surface area contributed by atoms with Crippen LogP contribution >= 0.6 is 23.2 Å². The molecule has 1 aromatic heterocycles. The van der Waals surface area contributed by atoms with Crippen molar-refractivity contribution >= 4 is 46.4 Å². The predicted octanol–water partition coefficient (Wildman–Crippen LogP) is 2.84. The predicted molar refractivity (Wildman–Crippen MR) is 99.3 cm³/mol. The summed E-state index contributed by atoms with van der Waals surface area (Å²) in [5, 5.41) is 13.1. The monoisotopic (exact) mass is 383 g/mol. The van der Waals surface area contributed by atoms with Crippen molar-refractivity contribution in [1.82, 2.24) is 15.1 Å². The number of nitrogens with zero attached hydrogens (tertiary/aromatic N) is 2. The Morgan fingerprint density at radius 3 is 2.32 bits per heavy atom. The van der Waals surface area contributed by atoms with Gasteiger partial charge >= 0.3 is 0 Å². The van der Waals surface area contributed by atoms with Crippen LogP contribution in [-0.4, -0.2) is 47.0 Å². The molecule has 0 aliphatic carbocycles. The summed E-state index contributed by atoms with van der Waals surface area (Å²) in [5.41, 5.74) is 2.71. The van der Waals surface area contributed by atoms with Gasteiger partial charge in [0.2, 0.25) is 11.8 Å². The number of hydrogen-bond acceptors (Lipinski definition) is 4. The van der Waals surface area contributed by atoms with Crippen molar-refractivity contribution in [1.29, 1.82) is 0 Å². The first-order valence-corrected chi connectivity index (χ1v) is 8.26. The molecule has 3 N–H and O–H groups in total. The van der Waals surface area contributed by atoms with E-state index < -0.39 is 0 Å². The average Bonchev–Trinajstić information content (AvgIpc) is 2.82. The summed E-state index contributed by atoms with van der Waals surface area (Å²) < 4.78 is 0. The van der Waals surface area contributed by atoms with Crippen LogP contribution in [-0.2, 0) is 9.59 Å². The van der Waals surface area contributed by atoms with Crippen LogP contribution in [0.5, 0.6) is 0 Å². The Balaban J connectivity index is 1.84. The van der Waals surface area contributed by atoms with Gasteiger partial charge in [0, 0.05) is 5.69 Å². The summed E-state index contributed by atoms with van der Waals surface area (Å²) in [6.45, 7) is 3.74. The van der Waals surface area contributed by atoms with E-state index in [4.69, 9.17) is 23.2 Å². The molecule has 25 heavy (non-hydrogen) atoms. The zero-order valence-corrected chi connectivity index (χ0v) is 15.6. The molecule has 0 aliphatic heterocycles. The number of carbonyl (C=O) groups excluding carboxylic acids is 2. The minimum atomic E-state index is -0.260. The van der Waals surface area contributed by atoms with E-state index in [2.05, 4.69) is 20.8 Å². The first kappa shape index (κ1) is 19.2. The maximum absolute atomic E-state index is 12.1. The highest BCUT2D eigenvalue weighted by atomic mass is 35.5. The van der Waals surface area contributed by atoms with Crippen molar-refractivity contribution in [2.24, 2.45) is 0 Å². The molecule has 9 heteroatoms. The Hall–Kier alpha value is -2.09. The number of aryl methyl sites for hydroxylation is 2. The van der Waals surface area contributed by atoms with Gasteiger partial charge in [-0.25, -0.2) is 0 Å². The molecule has 0 bridgehead atoms. The van der Waals surface area contributed by atoms with E-state index in [9.17, 15) is 9.59 Å². The van der Waals surface area contributed by atoms with Crippen molar-refractivity contribution in [3.05, 3.63) is 39.6 Å². The quantitative estimate of drug-likeness (QED) is 0.715. The molecule has 2 amide bonds. The smallest absolute Gasteiger partial charge is 0.238 e. The van der Waals surface area contributed by atoms with E-state index in [0.29, 0.717) is 27.1 Å². The van der Waals surface area contributed by atoms with E-state index in [1.54, 1.807) is 37.1 Å². The lowest BCUT2D eigenvalue weighted by molar-refractivity contribution is -0.119. The molecule has 0 atom stereocenters. The number of benzene rings is 1. The second kappa shape index (κ2) is 8.33. The fraction of sp³-hybridized carbons (Fsp3) is 0.312. The lowest BCUT2D eigenvalue weighted by Gasteiger charge is -2.16. The fourth-order valence-electron chi connectivity index (χ4n) is 2.23. The van der Waals surface area contributed by atoms with E-state index >= 15 is 0 Å². The minimum Gasteiger partial charge on any atom is -0.325 e. The van der Waals surface area contributed by atoms with Crippen LogP contribution in [0.2, 0.25) is 10.0 Å². The van der Waals surface area contributed by atoms with Crippen LogP contribution in [0.4, 0.5) is 11.4 Å². The Kier molecular flexibility index (Phi) is 6.41. The molecule has 0 aliphatic rings. The van der Waals surface area contributed by atoms with Crippen molar-refractivity contribution in [3.8, 4) is 0 Å². The van der Waals surface area contributed by atoms with Gasteiger partial charge in [0.15, 0.2) is 0 Å². The number of likely N-dealkylation sites (N-methyl/N-ethyl adjacent to an activating group) is 1. The molecule has 1 heterocycles. The van der Waals surface area contributed by atoms with Gasteiger partial charge in [0.05, 0.1) is 40.2 Å². The van der Waals surface area contributed by atoms with Gasteiger partial charge in [0.1, 0.15) is 0 Å². The van der Waals surface area contributed by atoms with Gasteiger partial charge in [-0.15, -0.1) is 0 Å². The molecule has 0 fully saturated rings. The highest BCUT2D eigenvalue weighted by Crippen LogP contribution is 2.24. The lowest BCUT2D eigenvalue weighted by Crippen LogP contribution is -2.36. The molecule has 0 unspecified atom stereocenters. The van der Waals surface area contributed by atoms with Crippen LogP contribution in [0.1, 0.15) is 11.4 Å². The molecule has 2 rings (SSSR count). The normalized spacial score (nSPS) is 10.8. The van der Waals surface area contributed by atoms with Crippen LogP contribution in [0.15, 0.2) is 18.2 Å². The van der Waals surface area contributed by atoms with Gasteiger partial charge in [-0.05, 0) is 39.1 Å². The summed E-state index contributed by atoms with van der Waals surface area (Å²) in [4.78, 5) is 25.7. The average molecular weight is 384 g/mol. The first-order valence-electron chi connectivity index (χ1n) is 7.51. The minimum absolute atomic E-state index is 0.0526. The molecular weight excluding hydrogens is 365 g/mol. The number of aromatic nitrogens is 2. The van der Waals surface area contributed by atoms with Crippen LogP contribution in [0.3, 0.4) is 0 Å². The number of hydrogen-bond donors (Lipinski definition) is 3. The fourth-order valence-corrected chi connectivity index (χ4v) is 2.53. The molecule has 7 nitrogen and oxygen atoms in total. The van der Waals surface area contributed by atoms with Gasteiger partial charge < -0.3 is 10.6 Å². The highest BCUT2D eigenvalue weighted by Gasteiger charge is 2.14. The Morgan fingerprint density at radius 2 is 1.76 bits per heavy atom. The second-order valence-electron chi connectivity index (χ2n) is 5.71. The molecule has 0 saturated heterocycles. The topological polar surface area (TPSA) is 90.1 Å². The van der Waals surface area contributed by atoms with Crippen molar-refractivity contribution in [2.45, 2.75) is 13.8 Å². The van der Waals surface area contributed by atoms with Crippen LogP contribution in [0.25, 0.3) is 0 Å². The Labute approximate surface area is 155 Å². The first-order chi connectivity index (χ1) is 11.8. The van der Waals surface area contributed by atoms with E-state index in [1.165, 1.54) is 0 Å². The summed E-state index contributed by atoms with van der Waals surface area (Å²) >= 11 is 11.7. The molecule has 2 aromatic rings. The van der Waals surface area contributed by atoms with Crippen molar-refractivity contribution < 1.29 is 9.59 Å². The Morgan fingerprint density at radius 1 is 1.12 bits per heavy atom. The third kappa shape index (κ3) is 5.45. The second-order valence-corrected chi connectivity index (χ2v) is 6.52. The zero-order chi connectivity index (χ0) is 18.6. The molecule has 0 radical (unpaired) electrons. The number of amides is 2. The summed E-state index contributed by atoms with van der Waals surface area (Å²) in [7, 11) is 1.68. The number of aromatic amines is 1. The van der Waals surface area contributed by atoms with E-state index in [0.717, 1.165) is 5.69 Å². The number of halogens is 2. The molecule has 1 aromatic carbocycles. The third-order valence-electron chi connectivity index (χ3n) is 3.42. The van der Waals surface area contributed by atoms with Gasteiger partial charge in [-0.3, -0.25) is 19.6 Å². The van der Waals surface area contributed by atoms with Crippen molar-refractivity contribution in [3.63, 3.8) is 0 Å². The van der Waals surface area contributed by atoms with Crippen LogP contribution < -0.4 is 10.6 Å². The molecular formula is C16H19Cl2N5O2. The SMILES string of the molecule is Cc1n[nH]c(C)c1NC(=O)CN(C)CC(=O)Nc1ccc(Cl)c(Cl)c1. The molecule has 134 valence electrons. The highest BCUT2D eigenvalue weighted by molar-refractivity contribution is 6.42. The van der Waals surface area contributed by atoms with Crippen LogP contribution in [0, 0.1) is 13.8 Å². The molecule has 0 spiro atoms. The number of anilines is 2. The van der Waals surface area contributed by atoms with Gasteiger partial charge in [-0.1, -0.05) is 23.2 Å². The van der Waals surface area contributed by atoms with E-state index in [-0.39, 0.29) is 24.9 Å². The summed E-state index contributed by atoms with van der Waals surface area (Å²) in [5.74, 6) is -0.484.